The maximum Gasteiger partial charge on any atom is 0.227 e. The lowest BCUT2D eigenvalue weighted by molar-refractivity contribution is -0.121. The Bertz CT molecular complexity index is 485. The van der Waals surface area contributed by atoms with E-state index in [-0.39, 0.29) is 12.3 Å². The molecule has 0 aliphatic carbocycles. The Morgan fingerprint density at radius 1 is 1.35 bits per heavy atom. The van der Waals surface area contributed by atoms with E-state index in [2.05, 4.69) is 5.32 Å². The Kier molecular flexibility index (Phi) is 6.20. The zero-order valence-electron chi connectivity index (χ0n) is 12.1. The van der Waals surface area contributed by atoms with E-state index in [0.717, 1.165) is 12.8 Å². The lowest BCUT2D eigenvalue weighted by Crippen LogP contribution is -2.33. The van der Waals surface area contributed by atoms with E-state index in [1.165, 1.54) is 0 Å². The van der Waals surface area contributed by atoms with Crippen molar-refractivity contribution in [1.82, 2.24) is 0 Å². The number of rotatable bonds is 7. The Labute approximate surface area is 120 Å². The molecule has 0 fully saturated rings. The second kappa shape index (κ2) is 7.66. The summed E-state index contributed by atoms with van der Waals surface area (Å²) in [6, 6.07) is 8.79. The normalized spacial score (nSPS) is 10.9. The predicted octanol–water partition coefficient (Wildman–Crippen LogP) is 3.22. The van der Waals surface area contributed by atoms with Crippen molar-refractivity contribution in [3.8, 4) is 6.07 Å². The first-order valence-electron chi connectivity index (χ1n) is 7.05. The molecule has 4 heteroatoms. The number of nitrogens with zero attached hydrogens (tertiary/aromatic N) is 1. The van der Waals surface area contributed by atoms with Gasteiger partial charge in [-0.2, -0.15) is 5.26 Å². The molecule has 0 saturated heterocycles. The van der Waals surface area contributed by atoms with Gasteiger partial charge < -0.3 is 10.4 Å². The van der Waals surface area contributed by atoms with Crippen LogP contribution >= 0.6 is 0 Å². The standard InChI is InChI=1S/C16H22N2O2/c1-3-8-16(20,9-4-2)11-15(19)18-14-7-5-6-13(10-14)12-17/h5-7,10,20H,3-4,8-9,11H2,1-2H3,(H,18,19). The Balaban J connectivity index is 2.68. The Morgan fingerprint density at radius 2 is 2.00 bits per heavy atom. The molecule has 0 heterocycles. The maximum absolute atomic E-state index is 12.0. The molecular weight excluding hydrogens is 252 g/mol. The van der Waals surface area contributed by atoms with E-state index >= 15 is 0 Å². The molecule has 0 unspecified atom stereocenters. The van der Waals surface area contributed by atoms with Gasteiger partial charge in [0.2, 0.25) is 5.91 Å². The number of carbonyl (C=O) groups excluding carboxylic acids is 1. The third kappa shape index (κ3) is 5.02. The van der Waals surface area contributed by atoms with Crippen LogP contribution in [0.2, 0.25) is 0 Å². The van der Waals surface area contributed by atoms with E-state index in [1.54, 1.807) is 24.3 Å². The highest BCUT2D eigenvalue weighted by Gasteiger charge is 2.28. The summed E-state index contributed by atoms with van der Waals surface area (Å²) in [5.41, 5.74) is 0.157. The number of carbonyl (C=O) groups is 1. The maximum atomic E-state index is 12.0. The van der Waals surface area contributed by atoms with Gasteiger partial charge in [-0.15, -0.1) is 0 Å². The molecule has 0 saturated carbocycles. The first-order valence-corrected chi connectivity index (χ1v) is 7.05. The molecule has 1 aromatic carbocycles. The smallest absolute Gasteiger partial charge is 0.227 e. The second-order valence-corrected chi connectivity index (χ2v) is 5.14. The quantitative estimate of drug-likeness (QED) is 0.801. The average Bonchev–Trinajstić information content (AvgIpc) is 2.38. The largest absolute Gasteiger partial charge is 0.389 e. The fraction of sp³-hybridized carbons (Fsp3) is 0.500. The molecule has 1 amide bonds. The summed E-state index contributed by atoms with van der Waals surface area (Å²) in [5.74, 6) is -0.218. The van der Waals surface area contributed by atoms with Crippen LogP contribution < -0.4 is 5.32 Å². The number of benzene rings is 1. The van der Waals surface area contributed by atoms with Crippen LogP contribution in [0.4, 0.5) is 5.69 Å². The fourth-order valence-corrected chi connectivity index (χ4v) is 2.40. The van der Waals surface area contributed by atoms with Crippen molar-refractivity contribution >= 4 is 11.6 Å². The van der Waals surface area contributed by atoms with Crippen molar-refractivity contribution in [3.05, 3.63) is 29.8 Å². The molecule has 0 spiro atoms. The number of nitrogens with one attached hydrogen (secondary N) is 1. The van der Waals surface area contributed by atoms with Gasteiger partial charge in [0.15, 0.2) is 0 Å². The summed E-state index contributed by atoms with van der Waals surface area (Å²) in [6.45, 7) is 3.99. The molecule has 0 aromatic heterocycles. The highest BCUT2D eigenvalue weighted by Crippen LogP contribution is 2.24. The van der Waals surface area contributed by atoms with Crippen LogP contribution in [0, 0.1) is 11.3 Å². The first-order chi connectivity index (χ1) is 9.53. The van der Waals surface area contributed by atoms with Gasteiger partial charge in [-0.3, -0.25) is 4.79 Å². The summed E-state index contributed by atoms with van der Waals surface area (Å²) < 4.78 is 0. The number of amides is 1. The highest BCUT2D eigenvalue weighted by molar-refractivity contribution is 5.91. The highest BCUT2D eigenvalue weighted by atomic mass is 16.3. The SMILES string of the molecule is CCCC(O)(CCC)CC(=O)Nc1cccc(C#N)c1. The van der Waals surface area contributed by atoms with E-state index in [4.69, 9.17) is 5.26 Å². The van der Waals surface area contributed by atoms with Crippen molar-refractivity contribution in [2.75, 3.05) is 5.32 Å². The molecule has 0 radical (unpaired) electrons. The minimum atomic E-state index is -0.930. The van der Waals surface area contributed by atoms with E-state index in [9.17, 15) is 9.90 Å². The van der Waals surface area contributed by atoms with Crippen molar-refractivity contribution in [2.45, 2.75) is 51.6 Å². The molecule has 4 nitrogen and oxygen atoms in total. The lowest BCUT2D eigenvalue weighted by Gasteiger charge is -2.26. The predicted molar refractivity (Wildman–Crippen MR) is 79.2 cm³/mol. The molecule has 0 atom stereocenters. The van der Waals surface area contributed by atoms with Gasteiger partial charge in [0.05, 0.1) is 23.7 Å². The molecule has 1 rings (SSSR count). The second-order valence-electron chi connectivity index (χ2n) is 5.14. The van der Waals surface area contributed by atoms with Crippen LogP contribution in [-0.4, -0.2) is 16.6 Å². The topological polar surface area (TPSA) is 73.1 Å². The number of hydrogen-bond acceptors (Lipinski definition) is 3. The first kappa shape index (κ1) is 16.2. The lowest BCUT2D eigenvalue weighted by atomic mass is 9.89. The summed E-state index contributed by atoms with van der Waals surface area (Å²) in [5, 5.41) is 22.0. The molecule has 1 aromatic rings. The van der Waals surface area contributed by atoms with Crippen LogP contribution in [-0.2, 0) is 4.79 Å². The minimum Gasteiger partial charge on any atom is -0.389 e. The number of nitriles is 1. The van der Waals surface area contributed by atoms with Crippen molar-refractivity contribution < 1.29 is 9.90 Å². The van der Waals surface area contributed by atoms with Gasteiger partial charge in [0.25, 0.3) is 0 Å². The monoisotopic (exact) mass is 274 g/mol. The molecule has 2 N–H and O–H groups in total. The number of anilines is 1. The third-order valence-electron chi connectivity index (χ3n) is 3.20. The average molecular weight is 274 g/mol. The van der Waals surface area contributed by atoms with Crippen LogP contribution in [0.15, 0.2) is 24.3 Å². The minimum absolute atomic E-state index is 0.0888. The third-order valence-corrected chi connectivity index (χ3v) is 3.20. The van der Waals surface area contributed by atoms with E-state index in [1.807, 2.05) is 19.9 Å². The van der Waals surface area contributed by atoms with Gasteiger partial charge in [-0.05, 0) is 31.0 Å². The van der Waals surface area contributed by atoms with Crippen LogP contribution in [0.25, 0.3) is 0 Å². The molecule has 20 heavy (non-hydrogen) atoms. The summed E-state index contributed by atoms with van der Waals surface area (Å²) in [6.07, 6.45) is 3.01. The van der Waals surface area contributed by atoms with Crippen LogP contribution in [0.1, 0.15) is 51.5 Å². The van der Waals surface area contributed by atoms with Gasteiger partial charge in [-0.25, -0.2) is 0 Å². The Hall–Kier alpha value is -1.86. The summed E-state index contributed by atoms with van der Waals surface area (Å²) in [4.78, 5) is 12.0. The zero-order chi connectivity index (χ0) is 15.0. The molecule has 108 valence electrons. The van der Waals surface area contributed by atoms with Gasteiger partial charge in [0, 0.05) is 5.69 Å². The van der Waals surface area contributed by atoms with Crippen molar-refractivity contribution in [1.29, 1.82) is 5.26 Å². The fourth-order valence-electron chi connectivity index (χ4n) is 2.40. The van der Waals surface area contributed by atoms with Crippen molar-refractivity contribution in [2.24, 2.45) is 0 Å². The van der Waals surface area contributed by atoms with Gasteiger partial charge in [-0.1, -0.05) is 32.8 Å². The van der Waals surface area contributed by atoms with Crippen LogP contribution in [0.3, 0.4) is 0 Å². The number of aliphatic hydroxyl groups is 1. The Morgan fingerprint density at radius 3 is 2.55 bits per heavy atom. The van der Waals surface area contributed by atoms with E-state index < -0.39 is 5.60 Å². The van der Waals surface area contributed by atoms with E-state index in [0.29, 0.717) is 24.1 Å². The number of hydrogen-bond donors (Lipinski definition) is 2. The van der Waals surface area contributed by atoms with Crippen LogP contribution in [0.5, 0.6) is 0 Å². The zero-order valence-corrected chi connectivity index (χ0v) is 12.1. The molecule has 0 bridgehead atoms. The summed E-state index contributed by atoms with van der Waals surface area (Å²) >= 11 is 0. The molecular formula is C16H22N2O2. The molecule has 0 aliphatic heterocycles. The molecule has 0 aliphatic rings. The van der Waals surface area contributed by atoms with Gasteiger partial charge >= 0.3 is 0 Å². The van der Waals surface area contributed by atoms with Gasteiger partial charge in [0.1, 0.15) is 0 Å². The summed E-state index contributed by atoms with van der Waals surface area (Å²) in [7, 11) is 0. The van der Waals surface area contributed by atoms with Crippen molar-refractivity contribution in [3.63, 3.8) is 0 Å².